The van der Waals surface area contributed by atoms with Crippen LogP contribution in [0.4, 0.5) is 0 Å². The lowest BCUT2D eigenvalue weighted by molar-refractivity contribution is -0.125. The zero-order valence-corrected chi connectivity index (χ0v) is 12.0. The van der Waals surface area contributed by atoms with Gasteiger partial charge in [0, 0.05) is 25.0 Å². The molecule has 1 amide bonds. The molecule has 3 nitrogen and oxygen atoms in total. The standard InChI is InChI=1S/C15H28N2O/c1-12-6-5-9-17(11-12)13(2)10-16-15(18)14-7-3-4-8-14/h12-14H,3-11H2,1-2H3,(H,16,18)/t12-,13+/m0/s1. The van der Waals surface area contributed by atoms with E-state index >= 15 is 0 Å². The number of hydrogen-bond donors (Lipinski definition) is 1. The second-order valence-corrected chi connectivity index (χ2v) is 6.32. The van der Waals surface area contributed by atoms with E-state index in [-0.39, 0.29) is 0 Å². The van der Waals surface area contributed by atoms with Gasteiger partial charge in [-0.2, -0.15) is 0 Å². The third-order valence-corrected chi connectivity index (χ3v) is 4.61. The molecule has 0 spiro atoms. The predicted molar refractivity (Wildman–Crippen MR) is 74.4 cm³/mol. The molecular formula is C15H28N2O. The zero-order valence-electron chi connectivity index (χ0n) is 12.0. The van der Waals surface area contributed by atoms with E-state index in [1.807, 2.05) is 0 Å². The number of piperidine rings is 1. The zero-order chi connectivity index (χ0) is 13.0. The lowest BCUT2D eigenvalue weighted by atomic mass is 9.99. The summed E-state index contributed by atoms with van der Waals surface area (Å²) in [7, 11) is 0. The topological polar surface area (TPSA) is 32.3 Å². The van der Waals surface area contributed by atoms with E-state index in [0.29, 0.717) is 17.9 Å². The van der Waals surface area contributed by atoms with Gasteiger partial charge < -0.3 is 5.32 Å². The maximum Gasteiger partial charge on any atom is 0.223 e. The highest BCUT2D eigenvalue weighted by atomic mass is 16.1. The molecule has 1 saturated carbocycles. The van der Waals surface area contributed by atoms with Crippen LogP contribution in [0.15, 0.2) is 0 Å². The van der Waals surface area contributed by atoms with Gasteiger partial charge in [-0.3, -0.25) is 9.69 Å². The summed E-state index contributed by atoms with van der Waals surface area (Å²) in [5.74, 6) is 1.41. The van der Waals surface area contributed by atoms with Gasteiger partial charge in [-0.25, -0.2) is 0 Å². The number of nitrogens with zero attached hydrogens (tertiary/aromatic N) is 1. The molecule has 2 aliphatic rings. The molecule has 1 N–H and O–H groups in total. The predicted octanol–water partition coefficient (Wildman–Crippen LogP) is 2.41. The number of carbonyl (C=O) groups excluding carboxylic acids is 1. The molecule has 0 aromatic heterocycles. The Morgan fingerprint density at radius 2 is 2.00 bits per heavy atom. The highest BCUT2D eigenvalue weighted by Gasteiger charge is 2.24. The minimum atomic E-state index is 0.296. The van der Waals surface area contributed by atoms with Crippen LogP contribution in [0.3, 0.4) is 0 Å². The van der Waals surface area contributed by atoms with Gasteiger partial charge in [0.1, 0.15) is 0 Å². The summed E-state index contributed by atoms with van der Waals surface area (Å²) in [6.07, 6.45) is 7.33. The quantitative estimate of drug-likeness (QED) is 0.833. The second-order valence-electron chi connectivity index (χ2n) is 6.32. The van der Waals surface area contributed by atoms with E-state index in [2.05, 4.69) is 24.1 Å². The molecule has 3 heteroatoms. The van der Waals surface area contributed by atoms with Crippen molar-refractivity contribution in [2.75, 3.05) is 19.6 Å². The van der Waals surface area contributed by atoms with Gasteiger partial charge in [0.15, 0.2) is 0 Å². The Hall–Kier alpha value is -0.570. The third-order valence-electron chi connectivity index (χ3n) is 4.61. The number of amides is 1. The number of rotatable bonds is 4. The number of carbonyl (C=O) groups is 1. The minimum Gasteiger partial charge on any atom is -0.354 e. The Morgan fingerprint density at radius 1 is 1.28 bits per heavy atom. The molecule has 0 bridgehead atoms. The molecule has 0 unspecified atom stereocenters. The SMILES string of the molecule is C[C@H]1CCCN([C@H](C)CNC(=O)C2CCCC2)C1. The highest BCUT2D eigenvalue weighted by Crippen LogP contribution is 2.24. The van der Waals surface area contributed by atoms with Crippen molar-refractivity contribution in [2.24, 2.45) is 11.8 Å². The monoisotopic (exact) mass is 252 g/mol. The molecule has 1 saturated heterocycles. The lowest BCUT2D eigenvalue weighted by Crippen LogP contribution is -2.47. The van der Waals surface area contributed by atoms with Crippen molar-refractivity contribution in [2.45, 2.75) is 58.4 Å². The molecule has 1 heterocycles. The van der Waals surface area contributed by atoms with Crippen LogP contribution in [-0.4, -0.2) is 36.5 Å². The number of likely N-dealkylation sites (tertiary alicyclic amines) is 1. The van der Waals surface area contributed by atoms with Crippen LogP contribution in [0.2, 0.25) is 0 Å². The average Bonchev–Trinajstić information content (AvgIpc) is 2.89. The first kappa shape index (κ1) is 13.9. The summed E-state index contributed by atoms with van der Waals surface area (Å²) in [6.45, 7) is 7.79. The van der Waals surface area contributed by atoms with Crippen molar-refractivity contribution >= 4 is 5.91 Å². The van der Waals surface area contributed by atoms with Crippen molar-refractivity contribution in [3.8, 4) is 0 Å². The van der Waals surface area contributed by atoms with Crippen molar-refractivity contribution in [3.63, 3.8) is 0 Å². The Bertz CT molecular complexity index is 274. The molecule has 18 heavy (non-hydrogen) atoms. The molecule has 104 valence electrons. The summed E-state index contributed by atoms with van der Waals surface area (Å²) in [5, 5.41) is 3.16. The fraction of sp³-hybridized carbons (Fsp3) is 0.933. The van der Waals surface area contributed by atoms with Crippen molar-refractivity contribution in [1.82, 2.24) is 10.2 Å². The molecule has 2 rings (SSSR count). The molecule has 2 fully saturated rings. The molecule has 1 aliphatic carbocycles. The number of nitrogens with one attached hydrogen (secondary N) is 1. The van der Waals surface area contributed by atoms with Crippen LogP contribution in [0, 0.1) is 11.8 Å². The first-order valence-electron chi connectivity index (χ1n) is 7.68. The van der Waals surface area contributed by atoms with Crippen LogP contribution < -0.4 is 5.32 Å². The Morgan fingerprint density at radius 3 is 2.67 bits per heavy atom. The molecule has 0 radical (unpaired) electrons. The molecule has 0 aromatic carbocycles. The van der Waals surface area contributed by atoms with E-state index in [1.165, 1.54) is 38.8 Å². The van der Waals surface area contributed by atoms with Gasteiger partial charge in [0.05, 0.1) is 0 Å². The summed E-state index contributed by atoms with van der Waals surface area (Å²) < 4.78 is 0. The van der Waals surface area contributed by atoms with E-state index in [0.717, 1.165) is 25.3 Å². The van der Waals surface area contributed by atoms with Gasteiger partial charge in [0.25, 0.3) is 0 Å². The highest BCUT2D eigenvalue weighted by molar-refractivity contribution is 5.78. The third kappa shape index (κ3) is 3.71. The normalized spacial score (nSPS) is 28.2. The van der Waals surface area contributed by atoms with Gasteiger partial charge >= 0.3 is 0 Å². The first-order chi connectivity index (χ1) is 8.66. The summed E-state index contributed by atoms with van der Waals surface area (Å²) in [5.41, 5.74) is 0. The Labute approximate surface area is 111 Å². The molecule has 0 aromatic rings. The van der Waals surface area contributed by atoms with Crippen molar-refractivity contribution in [1.29, 1.82) is 0 Å². The Balaban J connectivity index is 1.70. The molecule has 1 aliphatic heterocycles. The van der Waals surface area contributed by atoms with Crippen LogP contribution >= 0.6 is 0 Å². The summed E-state index contributed by atoms with van der Waals surface area (Å²) in [6, 6.07) is 0.484. The molecule has 2 atom stereocenters. The van der Waals surface area contributed by atoms with Gasteiger partial charge in [-0.15, -0.1) is 0 Å². The van der Waals surface area contributed by atoms with E-state index in [1.54, 1.807) is 0 Å². The summed E-state index contributed by atoms with van der Waals surface area (Å²) in [4.78, 5) is 14.5. The number of hydrogen-bond acceptors (Lipinski definition) is 2. The smallest absolute Gasteiger partial charge is 0.223 e. The fourth-order valence-electron chi connectivity index (χ4n) is 3.34. The van der Waals surface area contributed by atoms with Gasteiger partial charge in [0.2, 0.25) is 5.91 Å². The van der Waals surface area contributed by atoms with Crippen molar-refractivity contribution in [3.05, 3.63) is 0 Å². The van der Waals surface area contributed by atoms with E-state index in [9.17, 15) is 4.79 Å². The second kappa shape index (κ2) is 6.55. The first-order valence-corrected chi connectivity index (χ1v) is 7.68. The fourth-order valence-corrected chi connectivity index (χ4v) is 3.34. The van der Waals surface area contributed by atoms with Gasteiger partial charge in [-0.05, 0) is 45.1 Å². The Kier molecular flexibility index (Phi) is 5.04. The van der Waals surface area contributed by atoms with Crippen LogP contribution in [-0.2, 0) is 4.79 Å². The minimum absolute atomic E-state index is 0.296. The lowest BCUT2D eigenvalue weighted by Gasteiger charge is -2.35. The van der Waals surface area contributed by atoms with Crippen molar-refractivity contribution < 1.29 is 4.79 Å². The van der Waals surface area contributed by atoms with E-state index < -0.39 is 0 Å². The van der Waals surface area contributed by atoms with Crippen LogP contribution in [0.5, 0.6) is 0 Å². The van der Waals surface area contributed by atoms with E-state index in [4.69, 9.17) is 0 Å². The van der Waals surface area contributed by atoms with Crippen LogP contribution in [0.1, 0.15) is 52.4 Å². The summed E-state index contributed by atoms with van der Waals surface area (Å²) >= 11 is 0. The van der Waals surface area contributed by atoms with Crippen LogP contribution in [0.25, 0.3) is 0 Å². The maximum absolute atomic E-state index is 12.0. The molecular weight excluding hydrogens is 224 g/mol. The largest absolute Gasteiger partial charge is 0.354 e. The van der Waals surface area contributed by atoms with Gasteiger partial charge in [-0.1, -0.05) is 19.8 Å². The maximum atomic E-state index is 12.0. The average molecular weight is 252 g/mol.